The maximum atomic E-state index is 12.4. The van der Waals surface area contributed by atoms with E-state index in [1.807, 2.05) is 6.08 Å². The maximum Gasteiger partial charge on any atom is 0.305 e. The van der Waals surface area contributed by atoms with Gasteiger partial charge in [-0.25, -0.2) is 0 Å². The molecule has 0 spiro atoms. The number of hydrogen-bond donors (Lipinski definition) is 3. The van der Waals surface area contributed by atoms with Crippen molar-refractivity contribution in [3.63, 3.8) is 0 Å². The minimum absolute atomic E-state index is 0.0481. The lowest BCUT2D eigenvalue weighted by atomic mass is 10.0. The Hall–Kier alpha value is -1.92. The van der Waals surface area contributed by atoms with Gasteiger partial charge in [-0.3, -0.25) is 9.59 Å². The number of rotatable bonds is 43. The van der Waals surface area contributed by atoms with Crippen molar-refractivity contribution in [1.29, 1.82) is 0 Å². The Balaban J connectivity index is 3.61. The van der Waals surface area contributed by atoms with E-state index in [0.29, 0.717) is 19.4 Å². The van der Waals surface area contributed by atoms with Gasteiger partial charge >= 0.3 is 5.97 Å². The van der Waals surface area contributed by atoms with Crippen molar-refractivity contribution < 1.29 is 24.5 Å². The normalized spacial score (nSPS) is 13.0. The summed E-state index contributed by atoms with van der Waals surface area (Å²) in [6, 6.07) is -0.665. The highest BCUT2D eigenvalue weighted by Crippen LogP contribution is 2.14. The van der Waals surface area contributed by atoms with Gasteiger partial charge in [0.2, 0.25) is 5.91 Å². The van der Waals surface area contributed by atoms with Crippen LogP contribution in [0.1, 0.15) is 239 Å². The fraction of sp³-hybridized carbons (Fsp3) is 0.837. The lowest BCUT2D eigenvalue weighted by molar-refractivity contribution is -0.143. The third kappa shape index (κ3) is 41.5. The highest BCUT2D eigenvalue weighted by Gasteiger charge is 2.17. The zero-order chi connectivity index (χ0) is 40.1. The number of aliphatic hydroxyl groups excluding tert-OH is 2. The van der Waals surface area contributed by atoms with Crippen LogP contribution < -0.4 is 5.32 Å². The lowest BCUT2D eigenvalue weighted by Crippen LogP contribution is -2.45. The smallest absolute Gasteiger partial charge is 0.305 e. The molecule has 0 saturated heterocycles. The minimum atomic E-state index is -0.875. The summed E-state index contributed by atoms with van der Waals surface area (Å²) in [4.78, 5) is 24.4. The van der Waals surface area contributed by atoms with Gasteiger partial charge in [0.05, 0.1) is 25.4 Å². The van der Waals surface area contributed by atoms with Crippen LogP contribution in [-0.2, 0) is 14.3 Å². The zero-order valence-corrected chi connectivity index (χ0v) is 36.4. The third-order valence-corrected chi connectivity index (χ3v) is 10.6. The summed E-state index contributed by atoms with van der Waals surface area (Å²) in [5.41, 5.74) is 0. The van der Waals surface area contributed by atoms with Crippen LogP contribution in [0.25, 0.3) is 0 Å². The van der Waals surface area contributed by atoms with Gasteiger partial charge in [0.25, 0.3) is 0 Å². The zero-order valence-electron chi connectivity index (χ0n) is 36.4. The van der Waals surface area contributed by atoms with E-state index >= 15 is 0 Å². The number of ether oxygens (including phenoxy) is 1. The number of carbonyl (C=O) groups is 2. The van der Waals surface area contributed by atoms with E-state index in [-0.39, 0.29) is 18.5 Å². The molecule has 0 aromatic heterocycles. The highest BCUT2D eigenvalue weighted by atomic mass is 16.5. The molecule has 2 atom stereocenters. The number of aliphatic hydroxyl groups is 2. The minimum Gasteiger partial charge on any atom is -0.466 e. The number of carbonyl (C=O) groups excluding carboxylic acids is 2. The maximum absolute atomic E-state index is 12.4. The number of nitrogens with one attached hydrogen (secondary N) is 1. The van der Waals surface area contributed by atoms with Gasteiger partial charge < -0.3 is 20.3 Å². The molecule has 0 fully saturated rings. The Bertz CT molecular complexity index is 900. The molecular weight excluding hydrogens is 683 g/mol. The molecule has 0 radical (unpaired) electrons. The Morgan fingerprint density at radius 2 is 0.873 bits per heavy atom. The predicted molar refractivity (Wildman–Crippen MR) is 236 cm³/mol. The molecule has 6 heteroatoms. The number of amides is 1. The van der Waals surface area contributed by atoms with Crippen LogP contribution in [0.2, 0.25) is 0 Å². The van der Waals surface area contributed by atoms with Crippen molar-refractivity contribution in [2.75, 3.05) is 13.2 Å². The quantitative estimate of drug-likeness (QED) is 0.0326. The first-order chi connectivity index (χ1) is 27.0. The highest BCUT2D eigenvalue weighted by molar-refractivity contribution is 5.76. The van der Waals surface area contributed by atoms with E-state index in [1.165, 1.54) is 141 Å². The molecule has 0 aliphatic rings. The Morgan fingerprint density at radius 3 is 1.35 bits per heavy atom. The predicted octanol–water partition coefficient (Wildman–Crippen LogP) is 13.7. The molecule has 1 amide bonds. The topological polar surface area (TPSA) is 95.9 Å². The van der Waals surface area contributed by atoms with Crippen molar-refractivity contribution >= 4 is 11.9 Å². The molecule has 0 aliphatic carbocycles. The third-order valence-electron chi connectivity index (χ3n) is 10.6. The van der Waals surface area contributed by atoms with Crippen LogP contribution in [0, 0.1) is 0 Å². The molecule has 322 valence electrons. The number of hydrogen-bond acceptors (Lipinski definition) is 5. The number of allylic oxidation sites excluding steroid dienone is 5. The van der Waals surface area contributed by atoms with Gasteiger partial charge in [0, 0.05) is 12.8 Å². The van der Waals surface area contributed by atoms with Crippen molar-refractivity contribution in [3.05, 3.63) is 36.5 Å². The van der Waals surface area contributed by atoms with Gasteiger partial charge in [0.15, 0.2) is 0 Å². The summed E-state index contributed by atoms with van der Waals surface area (Å²) in [5, 5.41) is 23.0. The standard InChI is InChI=1S/C49H91NO5/c1-3-5-7-9-11-13-15-17-18-19-21-22-25-29-33-37-41-47(52)46(45-51)50-48(53)42-38-34-30-26-24-28-32-36-40-44-55-49(54)43-39-35-31-27-23-20-16-14-12-10-8-6-4-2/h14,16,26,30,37,41,46-47,51-52H,3-13,15,17-25,27-29,31-36,38-40,42-45H2,1-2H3,(H,50,53)/b16-14-,30-26-,41-37+. The molecule has 0 heterocycles. The van der Waals surface area contributed by atoms with Crippen LogP contribution >= 0.6 is 0 Å². The second kappa shape index (κ2) is 44.8. The Morgan fingerprint density at radius 1 is 0.491 bits per heavy atom. The van der Waals surface area contributed by atoms with Crippen LogP contribution in [-0.4, -0.2) is 47.4 Å². The van der Waals surface area contributed by atoms with Crippen LogP contribution in [0.3, 0.4) is 0 Å². The van der Waals surface area contributed by atoms with E-state index in [1.54, 1.807) is 6.08 Å². The second-order valence-electron chi connectivity index (χ2n) is 16.1. The second-order valence-corrected chi connectivity index (χ2v) is 16.1. The molecule has 2 unspecified atom stereocenters. The summed E-state index contributed by atoms with van der Waals surface area (Å²) in [6.07, 6.45) is 52.8. The van der Waals surface area contributed by atoms with Gasteiger partial charge in [-0.1, -0.05) is 185 Å². The van der Waals surface area contributed by atoms with Crippen molar-refractivity contribution in [3.8, 4) is 0 Å². The summed E-state index contributed by atoms with van der Waals surface area (Å²) >= 11 is 0. The summed E-state index contributed by atoms with van der Waals surface area (Å²) in [5.74, 6) is -0.178. The van der Waals surface area contributed by atoms with Crippen molar-refractivity contribution in [1.82, 2.24) is 5.32 Å². The molecule has 0 saturated carbocycles. The number of unbranched alkanes of at least 4 members (excludes halogenated alkanes) is 28. The lowest BCUT2D eigenvalue weighted by Gasteiger charge is -2.19. The monoisotopic (exact) mass is 774 g/mol. The summed E-state index contributed by atoms with van der Waals surface area (Å²) < 4.78 is 5.42. The van der Waals surface area contributed by atoms with E-state index in [4.69, 9.17) is 4.74 Å². The average Bonchev–Trinajstić information content (AvgIpc) is 3.18. The van der Waals surface area contributed by atoms with E-state index in [9.17, 15) is 19.8 Å². The van der Waals surface area contributed by atoms with Crippen LogP contribution in [0.15, 0.2) is 36.5 Å². The molecule has 55 heavy (non-hydrogen) atoms. The number of esters is 1. The van der Waals surface area contributed by atoms with Gasteiger partial charge in [-0.05, 0) is 77.0 Å². The largest absolute Gasteiger partial charge is 0.466 e. The first-order valence-corrected chi connectivity index (χ1v) is 23.8. The summed E-state index contributed by atoms with van der Waals surface area (Å²) in [7, 11) is 0. The molecular formula is C49H91NO5. The SMILES string of the molecule is CCCCCC/C=C\CCCCCCCC(=O)OCCCCCC/C=C\CCCC(=O)NC(CO)C(O)/C=C/CCCCCCCCCCCCCCCC. The molecule has 0 aromatic rings. The molecule has 0 rings (SSSR count). The molecule has 3 N–H and O–H groups in total. The molecule has 0 aliphatic heterocycles. The molecule has 6 nitrogen and oxygen atoms in total. The fourth-order valence-electron chi connectivity index (χ4n) is 6.92. The Kier molecular flexibility index (Phi) is 43.2. The van der Waals surface area contributed by atoms with E-state index in [2.05, 4.69) is 43.5 Å². The van der Waals surface area contributed by atoms with Gasteiger partial charge in [-0.15, -0.1) is 0 Å². The van der Waals surface area contributed by atoms with E-state index < -0.39 is 12.1 Å². The molecule has 0 aromatic carbocycles. The molecule has 0 bridgehead atoms. The van der Waals surface area contributed by atoms with Crippen molar-refractivity contribution in [2.45, 2.75) is 251 Å². The van der Waals surface area contributed by atoms with Gasteiger partial charge in [0.1, 0.15) is 0 Å². The van der Waals surface area contributed by atoms with Crippen molar-refractivity contribution in [2.24, 2.45) is 0 Å². The van der Waals surface area contributed by atoms with Crippen LogP contribution in [0.4, 0.5) is 0 Å². The van der Waals surface area contributed by atoms with E-state index in [0.717, 1.165) is 70.6 Å². The Labute approximate surface area is 341 Å². The average molecular weight is 774 g/mol. The fourth-order valence-corrected chi connectivity index (χ4v) is 6.92. The van der Waals surface area contributed by atoms with Crippen LogP contribution in [0.5, 0.6) is 0 Å². The first kappa shape index (κ1) is 53.1. The first-order valence-electron chi connectivity index (χ1n) is 23.8. The summed E-state index contributed by atoms with van der Waals surface area (Å²) in [6.45, 7) is 4.78. The van der Waals surface area contributed by atoms with Gasteiger partial charge in [-0.2, -0.15) is 0 Å².